The van der Waals surface area contributed by atoms with Crippen molar-refractivity contribution in [3.05, 3.63) is 65.5 Å². The van der Waals surface area contributed by atoms with Crippen LogP contribution in [0.5, 0.6) is 0 Å². The van der Waals surface area contributed by atoms with Crippen LogP contribution in [0.4, 0.5) is 5.69 Å². The van der Waals surface area contributed by atoms with Gasteiger partial charge in [-0.15, -0.1) is 10.2 Å². The zero-order valence-electron chi connectivity index (χ0n) is 11.7. The maximum atomic E-state index is 5.73. The summed E-state index contributed by atoms with van der Waals surface area (Å²) in [6.07, 6.45) is 1.82. The maximum absolute atomic E-state index is 5.73. The van der Waals surface area contributed by atoms with Gasteiger partial charge in [0, 0.05) is 24.2 Å². The Balaban J connectivity index is 1.71. The molecule has 2 aromatic carbocycles. The molecule has 3 aromatic rings. The number of aryl methyl sites for hydroxylation is 1. The number of nitrogens with zero attached hydrogens (tertiary/aromatic N) is 3. The van der Waals surface area contributed by atoms with Crippen LogP contribution in [0.25, 0.3) is 11.4 Å². The molecule has 0 saturated heterocycles. The Morgan fingerprint density at radius 2 is 1.81 bits per heavy atom. The molecule has 0 aliphatic carbocycles. The van der Waals surface area contributed by atoms with E-state index in [1.807, 2.05) is 24.3 Å². The Morgan fingerprint density at radius 1 is 1.00 bits per heavy atom. The summed E-state index contributed by atoms with van der Waals surface area (Å²) in [5, 5.41) is 8.80. The highest BCUT2D eigenvalue weighted by Gasteiger charge is 2.20. The van der Waals surface area contributed by atoms with Gasteiger partial charge in [-0.05, 0) is 29.7 Å². The number of aromatic nitrogens is 3. The standard InChI is InChI=1S/C17H16N4/c18-14-7-5-12(6-8-14)11-16-19-20-17-15-4-2-1-3-13(15)9-10-21(16)17/h1-8H,9-11,18H2. The summed E-state index contributed by atoms with van der Waals surface area (Å²) in [5.74, 6) is 2.01. The van der Waals surface area contributed by atoms with E-state index in [1.165, 1.54) is 16.7 Å². The number of rotatable bonds is 2. The summed E-state index contributed by atoms with van der Waals surface area (Å²) in [5.41, 5.74) is 10.3. The lowest BCUT2D eigenvalue weighted by Crippen LogP contribution is -2.13. The van der Waals surface area contributed by atoms with Gasteiger partial charge >= 0.3 is 0 Å². The van der Waals surface area contributed by atoms with Crippen LogP contribution in [0.2, 0.25) is 0 Å². The average molecular weight is 276 g/mol. The SMILES string of the molecule is Nc1ccc(Cc2nnc3n2CCc2ccccc2-3)cc1. The fourth-order valence-corrected chi connectivity index (χ4v) is 2.91. The van der Waals surface area contributed by atoms with Gasteiger partial charge in [0.05, 0.1) is 0 Å². The lowest BCUT2D eigenvalue weighted by atomic mass is 10.0. The first-order valence-electron chi connectivity index (χ1n) is 7.16. The quantitative estimate of drug-likeness (QED) is 0.732. The topological polar surface area (TPSA) is 56.7 Å². The molecule has 4 rings (SSSR count). The molecule has 104 valence electrons. The number of hydrogen-bond acceptors (Lipinski definition) is 3. The first-order valence-corrected chi connectivity index (χ1v) is 7.16. The number of hydrogen-bond donors (Lipinski definition) is 1. The van der Waals surface area contributed by atoms with Gasteiger partial charge in [-0.25, -0.2) is 0 Å². The van der Waals surface area contributed by atoms with Crippen LogP contribution in [0, 0.1) is 0 Å². The van der Waals surface area contributed by atoms with E-state index >= 15 is 0 Å². The minimum atomic E-state index is 0.787. The summed E-state index contributed by atoms with van der Waals surface area (Å²) < 4.78 is 2.23. The molecular formula is C17H16N4. The van der Waals surface area contributed by atoms with Crippen molar-refractivity contribution in [1.82, 2.24) is 14.8 Å². The molecule has 2 heterocycles. The molecule has 4 nitrogen and oxygen atoms in total. The summed E-state index contributed by atoms with van der Waals surface area (Å²) in [6.45, 7) is 0.948. The number of fused-ring (bicyclic) bond motifs is 3. The Labute approximate surface area is 123 Å². The van der Waals surface area contributed by atoms with Crippen molar-refractivity contribution < 1.29 is 0 Å². The van der Waals surface area contributed by atoms with E-state index in [2.05, 4.69) is 39.0 Å². The minimum Gasteiger partial charge on any atom is -0.399 e. The van der Waals surface area contributed by atoms with Gasteiger partial charge in [-0.2, -0.15) is 0 Å². The Kier molecular flexibility index (Phi) is 2.74. The van der Waals surface area contributed by atoms with Crippen LogP contribution < -0.4 is 5.73 Å². The molecule has 21 heavy (non-hydrogen) atoms. The van der Waals surface area contributed by atoms with Crippen molar-refractivity contribution in [2.45, 2.75) is 19.4 Å². The minimum absolute atomic E-state index is 0.787. The first-order chi connectivity index (χ1) is 10.3. The molecule has 1 aliphatic rings. The molecule has 4 heteroatoms. The second kappa shape index (κ2) is 4.74. The molecule has 1 aliphatic heterocycles. The van der Waals surface area contributed by atoms with Crippen molar-refractivity contribution in [2.24, 2.45) is 0 Å². The molecule has 0 radical (unpaired) electrons. The van der Waals surface area contributed by atoms with E-state index < -0.39 is 0 Å². The molecule has 0 bridgehead atoms. The average Bonchev–Trinajstić information content (AvgIpc) is 2.93. The van der Waals surface area contributed by atoms with Gasteiger partial charge in [0.1, 0.15) is 5.82 Å². The molecule has 2 N–H and O–H groups in total. The maximum Gasteiger partial charge on any atom is 0.164 e. The largest absolute Gasteiger partial charge is 0.399 e. The van der Waals surface area contributed by atoms with Crippen LogP contribution in [0.1, 0.15) is 17.0 Å². The molecule has 1 aromatic heterocycles. The highest BCUT2D eigenvalue weighted by molar-refractivity contribution is 5.62. The normalized spacial score (nSPS) is 12.8. The van der Waals surface area contributed by atoms with Crippen LogP contribution in [-0.2, 0) is 19.4 Å². The summed E-state index contributed by atoms with van der Waals surface area (Å²) in [6, 6.07) is 16.4. The van der Waals surface area contributed by atoms with Gasteiger partial charge in [0.2, 0.25) is 0 Å². The van der Waals surface area contributed by atoms with Crippen molar-refractivity contribution in [3.8, 4) is 11.4 Å². The predicted molar refractivity (Wildman–Crippen MR) is 82.8 cm³/mol. The second-order valence-electron chi connectivity index (χ2n) is 5.42. The summed E-state index contributed by atoms with van der Waals surface area (Å²) >= 11 is 0. The Bertz CT molecular complexity index is 787. The van der Waals surface area contributed by atoms with Crippen molar-refractivity contribution in [1.29, 1.82) is 0 Å². The van der Waals surface area contributed by atoms with Crippen molar-refractivity contribution >= 4 is 5.69 Å². The van der Waals surface area contributed by atoms with E-state index in [1.54, 1.807) is 0 Å². The highest BCUT2D eigenvalue weighted by atomic mass is 15.3. The number of nitrogens with two attached hydrogens (primary N) is 1. The van der Waals surface area contributed by atoms with E-state index in [0.717, 1.165) is 36.7 Å². The predicted octanol–water partition coefficient (Wildman–Crippen LogP) is 2.67. The van der Waals surface area contributed by atoms with Crippen LogP contribution in [0.15, 0.2) is 48.5 Å². The number of benzene rings is 2. The molecule has 0 saturated carbocycles. The monoisotopic (exact) mass is 276 g/mol. The number of nitrogen functional groups attached to an aromatic ring is 1. The van der Waals surface area contributed by atoms with Crippen LogP contribution in [-0.4, -0.2) is 14.8 Å². The molecule has 0 atom stereocenters. The highest BCUT2D eigenvalue weighted by Crippen LogP contribution is 2.28. The Hall–Kier alpha value is -2.62. The third-order valence-electron chi connectivity index (χ3n) is 4.03. The van der Waals surface area contributed by atoms with Gasteiger partial charge in [-0.1, -0.05) is 36.4 Å². The smallest absolute Gasteiger partial charge is 0.164 e. The van der Waals surface area contributed by atoms with E-state index in [4.69, 9.17) is 5.73 Å². The third kappa shape index (κ3) is 2.09. The van der Waals surface area contributed by atoms with Gasteiger partial charge < -0.3 is 10.3 Å². The van der Waals surface area contributed by atoms with Crippen molar-refractivity contribution in [3.63, 3.8) is 0 Å². The molecule has 0 amide bonds. The third-order valence-corrected chi connectivity index (χ3v) is 4.03. The zero-order chi connectivity index (χ0) is 14.2. The zero-order valence-corrected chi connectivity index (χ0v) is 11.7. The second-order valence-corrected chi connectivity index (χ2v) is 5.42. The van der Waals surface area contributed by atoms with Gasteiger partial charge in [0.25, 0.3) is 0 Å². The fourth-order valence-electron chi connectivity index (χ4n) is 2.91. The molecule has 0 fully saturated rings. The number of anilines is 1. The van der Waals surface area contributed by atoms with Crippen LogP contribution >= 0.6 is 0 Å². The molecule has 0 unspecified atom stereocenters. The Morgan fingerprint density at radius 3 is 2.67 bits per heavy atom. The molecule has 0 spiro atoms. The van der Waals surface area contributed by atoms with E-state index in [9.17, 15) is 0 Å². The van der Waals surface area contributed by atoms with Crippen molar-refractivity contribution in [2.75, 3.05) is 5.73 Å². The van der Waals surface area contributed by atoms with E-state index in [0.29, 0.717) is 0 Å². The lowest BCUT2D eigenvalue weighted by Gasteiger charge is -2.18. The van der Waals surface area contributed by atoms with Crippen LogP contribution in [0.3, 0.4) is 0 Å². The summed E-state index contributed by atoms with van der Waals surface area (Å²) in [4.78, 5) is 0. The van der Waals surface area contributed by atoms with Gasteiger partial charge in [0.15, 0.2) is 5.82 Å². The first kappa shape index (κ1) is 12.1. The van der Waals surface area contributed by atoms with Gasteiger partial charge in [-0.3, -0.25) is 0 Å². The fraction of sp³-hybridized carbons (Fsp3) is 0.176. The summed E-state index contributed by atoms with van der Waals surface area (Å²) in [7, 11) is 0. The molecular weight excluding hydrogens is 260 g/mol. The van der Waals surface area contributed by atoms with E-state index in [-0.39, 0.29) is 0 Å². The lowest BCUT2D eigenvalue weighted by molar-refractivity contribution is 0.651.